The summed E-state index contributed by atoms with van der Waals surface area (Å²) in [6.45, 7) is 1.90. The maximum absolute atomic E-state index is 11.4. The molecule has 1 atom stereocenters. The average molecular weight is 262 g/mol. The number of hydrogen-bond donors (Lipinski definition) is 2. The van der Waals surface area contributed by atoms with E-state index in [0.717, 1.165) is 37.3 Å². The summed E-state index contributed by atoms with van der Waals surface area (Å²) in [4.78, 5) is 13.7. The Balaban J connectivity index is 1.77. The Morgan fingerprint density at radius 1 is 1.37 bits per heavy atom. The lowest BCUT2D eigenvalue weighted by atomic mass is 10.1. The van der Waals surface area contributed by atoms with E-state index >= 15 is 0 Å². The molecule has 0 aliphatic carbocycles. The van der Waals surface area contributed by atoms with Gasteiger partial charge in [-0.05, 0) is 25.0 Å². The van der Waals surface area contributed by atoms with Crippen LogP contribution < -0.4 is 10.2 Å². The van der Waals surface area contributed by atoms with Crippen molar-refractivity contribution in [1.82, 2.24) is 0 Å². The predicted octanol–water partition coefficient (Wildman–Crippen LogP) is 1.29. The van der Waals surface area contributed by atoms with Crippen LogP contribution in [0.4, 0.5) is 11.4 Å². The molecule has 1 amide bonds. The number of aliphatic hydroxyl groups excluding tert-OH is 1. The summed E-state index contributed by atoms with van der Waals surface area (Å²) in [5.74, 6) is -0.342. The number of ether oxygens (including phenoxy) is 1. The Morgan fingerprint density at radius 2 is 2.11 bits per heavy atom. The molecule has 102 valence electrons. The Labute approximate surface area is 112 Å². The Kier molecular flexibility index (Phi) is 3.16. The fraction of sp³-hybridized carbons (Fsp3) is 0.500. The van der Waals surface area contributed by atoms with Crippen LogP contribution in [0.1, 0.15) is 24.5 Å². The molecule has 2 aliphatic rings. The van der Waals surface area contributed by atoms with Crippen LogP contribution in [0, 0.1) is 0 Å². The number of aliphatic hydroxyl groups is 1. The molecule has 1 fully saturated rings. The van der Waals surface area contributed by atoms with E-state index in [-0.39, 0.29) is 5.91 Å². The van der Waals surface area contributed by atoms with Gasteiger partial charge in [-0.1, -0.05) is 6.07 Å². The van der Waals surface area contributed by atoms with Crippen LogP contribution in [0.15, 0.2) is 18.2 Å². The van der Waals surface area contributed by atoms with Gasteiger partial charge in [0.25, 0.3) is 5.91 Å². The first-order chi connectivity index (χ1) is 9.19. The number of benzene rings is 1. The van der Waals surface area contributed by atoms with Crippen molar-refractivity contribution in [2.45, 2.75) is 25.0 Å². The van der Waals surface area contributed by atoms with Crippen LogP contribution in [0.25, 0.3) is 0 Å². The summed E-state index contributed by atoms with van der Waals surface area (Å²) < 4.78 is 5.36. The first kappa shape index (κ1) is 12.4. The Bertz CT molecular complexity index is 495. The van der Waals surface area contributed by atoms with Gasteiger partial charge in [-0.3, -0.25) is 4.79 Å². The summed E-state index contributed by atoms with van der Waals surface area (Å²) in [7, 11) is 1.76. The van der Waals surface area contributed by atoms with Crippen LogP contribution in [-0.4, -0.2) is 37.3 Å². The van der Waals surface area contributed by atoms with Gasteiger partial charge in [0.05, 0.1) is 6.10 Å². The normalized spacial score (nSPS) is 23.4. The van der Waals surface area contributed by atoms with E-state index < -0.39 is 6.10 Å². The van der Waals surface area contributed by atoms with Crippen LogP contribution in [0.5, 0.6) is 0 Å². The lowest BCUT2D eigenvalue weighted by molar-refractivity contribution is -0.123. The van der Waals surface area contributed by atoms with Crippen molar-refractivity contribution >= 4 is 17.3 Å². The summed E-state index contributed by atoms with van der Waals surface area (Å²) in [5.41, 5.74) is 2.48. The molecule has 1 aromatic rings. The third-order valence-electron chi connectivity index (χ3n) is 3.98. The molecule has 0 spiro atoms. The number of piperidine rings is 1. The molecule has 2 heterocycles. The molecule has 1 aromatic carbocycles. The zero-order chi connectivity index (χ0) is 13.4. The van der Waals surface area contributed by atoms with Crippen molar-refractivity contribution < 1.29 is 14.6 Å². The van der Waals surface area contributed by atoms with Gasteiger partial charge in [-0.15, -0.1) is 0 Å². The van der Waals surface area contributed by atoms with Crippen molar-refractivity contribution in [2.75, 3.05) is 30.4 Å². The highest BCUT2D eigenvalue weighted by Crippen LogP contribution is 2.34. The quantitative estimate of drug-likeness (QED) is 0.843. The third-order valence-corrected chi connectivity index (χ3v) is 3.98. The molecule has 1 saturated heterocycles. The van der Waals surface area contributed by atoms with Crippen LogP contribution in [0.2, 0.25) is 0 Å². The van der Waals surface area contributed by atoms with Crippen LogP contribution >= 0.6 is 0 Å². The SMILES string of the molecule is COC1CCN(c2ccc3c(c2)NC(=O)C3O)CC1. The number of methoxy groups -OCH3 is 1. The van der Waals surface area contributed by atoms with E-state index in [0.29, 0.717) is 11.7 Å². The van der Waals surface area contributed by atoms with Gasteiger partial charge >= 0.3 is 0 Å². The van der Waals surface area contributed by atoms with E-state index in [9.17, 15) is 9.90 Å². The summed E-state index contributed by atoms with van der Waals surface area (Å²) in [6, 6.07) is 5.74. The minimum absolute atomic E-state index is 0.342. The highest BCUT2D eigenvalue weighted by Gasteiger charge is 2.29. The zero-order valence-corrected chi connectivity index (χ0v) is 10.9. The average Bonchev–Trinajstić information content (AvgIpc) is 2.74. The number of hydrogen-bond acceptors (Lipinski definition) is 4. The van der Waals surface area contributed by atoms with E-state index in [4.69, 9.17) is 4.74 Å². The molecule has 1 unspecified atom stereocenters. The second-order valence-electron chi connectivity index (χ2n) is 5.09. The molecule has 5 heteroatoms. The molecule has 2 aliphatic heterocycles. The van der Waals surface area contributed by atoms with Gasteiger partial charge in [0.15, 0.2) is 6.10 Å². The number of amides is 1. The summed E-state index contributed by atoms with van der Waals surface area (Å²) in [6.07, 6.45) is 1.36. The standard InChI is InChI=1S/C14H18N2O3/c1-19-10-4-6-16(7-5-10)9-2-3-11-12(8-9)15-14(18)13(11)17/h2-3,8,10,13,17H,4-7H2,1H3,(H,15,18). The van der Waals surface area contributed by atoms with Crippen LogP contribution in [0.3, 0.4) is 0 Å². The highest BCUT2D eigenvalue weighted by molar-refractivity contribution is 6.02. The maximum Gasteiger partial charge on any atom is 0.257 e. The molecule has 0 bridgehead atoms. The number of carbonyl (C=O) groups excluding carboxylic acids is 1. The highest BCUT2D eigenvalue weighted by atomic mass is 16.5. The number of fused-ring (bicyclic) bond motifs is 1. The van der Waals surface area contributed by atoms with Gasteiger partial charge in [-0.2, -0.15) is 0 Å². The lowest BCUT2D eigenvalue weighted by Crippen LogP contribution is -2.36. The fourth-order valence-corrected chi connectivity index (χ4v) is 2.78. The smallest absolute Gasteiger partial charge is 0.257 e. The van der Waals surface area contributed by atoms with E-state index in [1.54, 1.807) is 7.11 Å². The molecule has 2 N–H and O–H groups in total. The molecule has 3 rings (SSSR count). The second kappa shape index (κ2) is 4.83. The molecule has 0 aromatic heterocycles. The van der Waals surface area contributed by atoms with Crippen molar-refractivity contribution in [1.29, 1.82) is 0 Å². The van der Waals surface area contributed by atoms with Crippen molar-refractivity contribution in [3.8, 4) is 0 Å². The zero-order valence-electron chi connectivity index (χ0n) is 10.9. The summed E-state index contributed by atoms with van der Waals surface area (Å²) in [5, 5.41) is 12.4. The van der Waals surface area contributed by atoms with Crippen molar-refractivity contribution in [3.05, 3.63) is 23.8 Å². The van der Waals surface area contributed by atoms with Crippen molar-refractivity contribution in [2.24, 2.45) is 0 Å². The molecule has 0 saturated carbocycles. The number of rotatable bonds is 2. The van der Waals surface area contributed by atoms with E-state index in [1.807, 2.05) is 18.2 Å². The third kappa shape index (κ3) is 2.19. The van der Waals surface area contributed by atoms with Gasteiger partial charge in [-0.25, -0.2) is 0 Å². The van der Waals surface area contributed by atoms with E-state index in [1.165, 1.54) is 0 Å². The first-order valence-electron chi connectivity index (χ1n) is 6.59. The minimum Gasteiger partial charge on any atom is -0.381 e. The largest absolute Gasteiger partial charge is 0.381 e. The number of nitrogens with one attached hydrogen (secondary N) is 1. The topological polar surface area (TPSA) is 61.8 Å². The van der Waals surface area contributed by atoms with Crippen LogP contribution in [-0.2, 0) is 9.53 Å². The molecule has 0 radical (unpaired) electrons. The maximum atomic E-state index is 11.4. The first-order valence-corrected chi connectivity index (χ1v) is 6.59. The van der Waals surface area contributed by atoms with Gasteiger partial charge in [0.2, 0.25) is 0 Å². The van der Waals surface area contributed by atoms with Gasteiger partial charge in [0.1, 0.15) is 0 Å². The molecule has 5 nitrogen and oxygen atoms in total. The second-order valence-corrected chi connectivity index (χ2v) is 5.09. The fourth-order valence-electron chi connectivity index (χ4n) is 2.78. The molecular weight excluding hydrogens is 244 g/mol. The number of nitrogens with zero attached hydrogens (tertiary/aromatic N) is 1. The monoisotopic (exact) mass is 262 g/mol. The molecule has 19 heavy (non-hydrogen) atoms. The molecular formula is C14H18N2O3. The minimum atomic E-state index is -1.02. The van der Waals surface area contributed by atoms with Gasteiger partial charge in [0, 0.05) is 37.1 Å². The Morgan fingerprint density at radius 3 is 2.79 bits per heavy atom. The van der Waals surface area contributed by atoms with Gasteiger partial charge < -0.3 is 20.1 Å². The number of anilines is 2. The van der Waals surface area contributed by atoms with E-state index in [2.05, 4.69) is 10.2 Å². The Hall–Kier alpha value is -1.59. The van der Waals surface area contributed by atoms with Crippen molar-refractivity contribution in [3.63, 3.8) is 0 Å². The number of carbonyl (C=O) groups is 1. The lowest BCUT2D eigenvalue weighted by Gasteiger charge is -2.33. The summed E-state index contributed by atoms with van der Waals surface area (Å²) >= 11 is 0. The predicted molar refractivity (Wildman–Crippen MR) is 72.3 cm³/mol.